The molecule has 4 heterocycles. The van der Waals surface area contributed by atoms with Crippen LogP contribution >= 0.6 is 11.9 Å². The Hall–Kier alpha value is -4.59. The molecule has 0 aliphatic carbocycles. The third-order valence-corrected chi connectivity index (χ3v) is 7.76. The van der Waals surface area contributed by atoms with Gasteiger partial charge >= 0.3 is 0 Å². The average molecular weight is 648 g/mol. The molecule has 1 aliphatic heterocycles. The second kappa shape index (κ2) is 15.1. The van der Waals surface area contributed by atoms with E-state index in [-0.39, 0.29) is 28.8 Å². The van der Waals surface area contributed by atoms with Crippen molar-refractivity contribution in [2.45, 2.75) is 20.8 Å². The molecule has 5 aromatic rings. The van der Waals surface area contributed by atoms with Crippen LogP contribution in [0.2, 0.25) is 0 Å². The number of nitrogens with one attached hydrogen (secondary N) is 2. The van der Waals surface area contributed by atoms with Gasteiger partial charge in [-0.15, -0.1) is 0 Å². The highest BCUT2D eigenvalue weighted by atomic mass is 32.2. The lowest BCUT2D eigenvalue weighted by atomic mass is 10.1. The summed E-state index contributed by atoms with van der Waals surface area (Å²) < 4.78 is 35.9. The first kappa shape index (κ1) is 32.8. The van der Waals surface area contributed by atoms with Crippen molar-refractivity contribution in [2.24, 2.45) is 0 Å². The summed E-state index contributed by atoms with van der Waals surface area (Å²) in [5.74, 6) is 0.356. The molecule has 242 valence electrons. The van der Waals surface area contributed by atoms with E-state index in [0.717, 1.165) is 55.0 Å². The molecule has 1 fully saturated rings. The molecular weight excluding hydrogens is 609 g/mol. The molecule has 6 rings (SSSR count). The van der Waals surface area contributed by atoms with Crippen LogP contribution in [-0.2, 0) is 4.74 Å². The van der Waals surface area contributed by atoms with Gasteiger partial charge in [0.05, 0.1) is 48.2 Å². The number of rotatable bonds is 11. The zero-order valence-corrected chi connectivity index (χ0v) is 27.1. The van der Waals surface area contributed by atoms with Gasteiger partial charge in [-0.1, -0.05) is 37.9 Å². The molecule has 0 amide bonds. The number of benzene rings is 2. The van der Waals surface area contributed by atoms with Crippen LogP contribution < -0.4 is 19.9 Å². The van der Waals surface area contributed by atoms with Gasteiger partial charge < -0.3 is 29.7 Å². The second-order valence-corrected chi connectivity index (χ2v) is 10.9. The molecule has 1 saturated heterocycles. The van der Waals surface area contributed by atoms with Crippen molar-refractivity contribution in [3.05, 3.63) is 83.6 Å². The van der Waals surface area contributed by atoms with Crippen LogP contribution in [0.3, 0.4) is 0 Å². The van der Waals surface area contributed by atoms with E-state index in [1.807, 2.05) is 39.2 Å². The minimum Gasteiger partial charge on any atom is -0.490 e. The third kappa shape index (κ3) is 7.27. The molecule has 13 heteroatoms. The molecule has 4 N–H and O–H groups in total. The zero-order chi connectivity index (χ0) is 32.6. The summed E-state index contributed by atoms with van der Waals surface area (Å²) in [4.78, 5) is 23.4. The Bertz CT molecular complexity index is 1800. The summed E-state index contributed by atoms with van der Waals surface area (Å²) in [6.45, 7) is 10.4. The predicted octanol–water partition coefficient (Wildman–Crippen LogP) is 6.23. The number of nitrogens with two attached hydrogens (primary N) is 1. The Kier molecular flexibility index (Phi) is 10.8. The summed E-state index contributed by atoms with van der Waals surface area (Å²) in [7, 11) is 0. The van der Waals surface area contributed by atoms with E-state index in [9.17, 15) is 9.18 Å². The zero-order valence-electron chi connectivity index (χ0n) is 26.3. The van der Waals surface area contributed by atoms with Gasteiger partial charge in [0.25, 0.3) is 0 Å². The van der Waals surface area contributed by atoms with Gasteiger partial charge in [-0.05, 0) is 36.8 Å². The fourth-order valence-corrected chi connectivity index (χ4v) is 5.39. The summed E-state index contributed by atoms with van der Waals surface area (Å²) >= 11 is 1.46. The highest BCUT2D eigenvalue weighted by Gasteiger charge is 2.22. The van der Waals surface area contributed by atoms with Crippen molar-refractivity contribution in [2.75, 3.05) is 56.2 Å². The van der Waals surface area contributed by atoms with E-state index in [1.54, 1.807) is 24.3 Å². The number of anilines is 2. The van der Waals surface area contributed by atoms with Crippen LogP contribution in [-0.4, -0.2) is 76.1 Å². The molecule has 0 atom stereocenters. The van der Waals surface area contributed by atoms with Crippen LogP contribution in [0.15, 0.2) is 60.9 Å². The number of aryl methyl sites for hydroxylation is 1. The first-order chi connectivity index (χ1) is 22.4. The summed E-state index contributed by atoms with van der Waals surface area (Å²) in [5, 5.41) is 5.22. The van der Waals surface area contributed by atoms with Crippen LogP contribution in [0.25, 0.3) is 16.6 Å². The largest absolute Gasteiger partial charge is 0.490 e. The number of nitrogen functional groups attached to an aromatic ring is 1. The van der Waals surface area contributed by atoms with Crippen LogP contribution in [0.1, 0.15) is 35.5 Å². The van der Waals surface area contributed by atoms with Crippen molar-refractivity contribution in [3.63, 3.8) is 0 Å². The molecule has 0 saturated carbocycles. The van der Waals surface area contributed by atoms with Crippen molar-refractivity contribution >= 4 is 40.1 Å². The summed E-state index contributed by atoms with van der Waals surface area (Å²) in [5.41, 5.74) is 9.92. The Morgan fingerprint density at radius 2 is 1.91 bits per heavy atom. The van der Waals surface area contributed by atoms with Crippen LogP contribution in [0.5, 0.6) is 17.4 Å². The number of aromatic nitrogens is 4. The first-order valence-electron chi connectivity index (χ1n) is 15.1. The number of H-pyrrole nitrogens is 1. The fraction of sp³-hybridized carbons (Fsp3) is 0.303. The number of carbonyl (C=O) groups is 1. The Morgan fingerprint density at radius 1 is 1.13 bits per heavy atom. The van der Waals surface area contributed by atoms with Gasteiger partial charge in [0, 0.05) is 48.9 Å². The van der Waals surface area contributed by atoms with E-state index in [4.69, 9.17) is 19.9 Å². The van der Waals surface area contributed by atoms with Gasteiger partial charge in [-0.3, -0.25) is 9.69 Å². The van der Waals surface area contributed by atoms with Gasteiger partial charge in [0.15, 0.2) is 11.6 Å². The Balaban J connectivity index is 0.00000204. The second-order valence-electron chi connectivity index (χ2n) is 10.3. The van der Waals surface area contributed by atoms with E-state index < -0.39 is 5.82 Å². The highest BCUT2D eigenvalue weighted by molar-refractivity contribution is 7.99. The van der Waals surface area contributed by atoms with E-state index in [1.165, 1.54) is 41.2 Å². The number of halogens is 1. The molecule has 1 aliphatic rings. The number of fused-ring (bicyclic) bond motifs is 1. The van der Waals surface area contributed by atoms with Crippen molar-refractivity contribution in [1.29, 1.82) is 0 Å². The lowest BCUT2D eigenvalue weighted by molar-refractivity contribution is 0.0323. The molecule has 46 heavy (non-hydrogen) atoms. The number of para-hydroxylation sites is 1. The van der Waals surface area contributed by atoms with Gasteiger partial charge in [0.2, 0.25) is 11.7 Å². The molecular formula is C33H38FN7O4S. The lowest BCUT2D eigenvalue weighted by Gasteiger charge is -2.26. The molecule has 2 aromatic carbocycles. The van der Waals surface area contributed by atoms with E-state index in [2.05, 4.69) is 24.7 Å². The quantitative estimate of drug-likeness (QED) is 0.112. The number of nitrogens with zero attached hydrogens (tertiary/aromatic N) is 4. The SMILES string of the molecule is CC.CSNc1cc2cc(C(=O)c3cnn(-c4cnc(Oc5ccccc5F)cc4C)c3N)[nH]c2cc1OCCN1CCOCC1. The highest BCUT2D eigenvalue weighted by Crippen LogP contribution is 2.33. The maximum absolute atomic E-state index is 14.0. The summed E-state index contributed by atoms with van der Waals surface area (Å²) in [6.07, 6.45) is 4.90. The number of morpholine rings is 1. The summed E-state index contributed by atoms with van der Waals surface area (Å²) in [6, 6.07) is 13.4. The Morgan fingerprint density at radius 3 is 2.65 bits per heavy atom. The number of carbonyl (C=O) groups excluding carboxylic acids is 1. The topological polar surface area (TPSA) is 133 Å². The molecule has 0 radical (unpaired) electrons. The van der Waals surface area contributed by atoms with Crippen molar-refractivity contribution in [3.8, 4) is 23.1 Å². The standard InChI is InChI=1S/C31H32FN7O4S.C2H6/c1-19-13-29(43-27-6-4-3-5-22(27)32)34-18-26(19)39-31(33)21(17-35-39)30(40)25-15-20-14-24(37-44-2)28(16-23(20)36-25)42-12-9-38-7-10-41-11-8-38;1-2/h3-6,13-18,36-37H,7-12,33H2,1-2H3;1-2H3. The average Bonchev–Trinajstić information content (AvgIpc) is 3.66. The van der Waals surface area contributed by atoms with Gasteiger partial charge in [-0.25, -0.2) is 14.1 Å². The van der Waals surface area contributed by atoms with E-state index in [0.29, 0.717) is 23.7 Å². The number of hydrogen-bond donors (Lipinski definition) is 3. The van der Waals surface area contributed by atoms with Gasteiger partial charge in [0.1, 0.15) is 18.2 Å². The van der Waals surface area contributed by atoms with Crippen molar-refractivity contribution in [1.82, 2.24) is 24.6 Å². The smallest absolute Gasteiger partial charge is 0.219 e. The monoisotopic (exact) mass is 647 g/mol. The number of ketones is 1. The molecule has 3 aromatic heterocycles. The van der Waals surface area contributed by atoms with Gasteiger partial charge in [-0.2, -0.15) is 5.10 Å². The maximum atomic E-state index is 14.0. The first-order valence-corrected chi connectivity index (χ1v) is 16.3. The molecule has 0 bridgehead atoms. The number of pyridine rings is 1. The maximum Gasteiger partial charge on any atom is 0.219 e. The minimum absolute atomic E-state index is 0.0694. The fourth-order valence-electron chi connectivity index (χ4n) is 5.01. The molecule has 0 unspecified atom stereocenters. The number of aromatic amines is 1. The van der Waals surface area contributed by atoms with E-state index >= 15 is 0 Å². The lowest BCUT2D eigenvalue weighted by Crippen LogP contribution is -2.38. The molecule has 11 nitrogen and oxygen atoms in total. The minimum atomic E-state index is -0.489. The number of hydrogen-bond acceptors (Lipinski definition) is 10. The van der Waals surface area contributed by atoms with Crippen LogP contribution in [0.4, 0.5) is 15.9 Å². The van der Waals surface area contributed by atoms with Crippen molar-refractivity contribution < 1.29 is 23.4 Å². The number of ether oxygens (including phenoxy) is 3. The Labute approximate surface area is 271 Å². The predicted molar refractivity (Wildman–Crippen MR) is 180 cm³/mol. The van der Waals surface area contributed by atoms with Crippen LogP contribution in [0, 0.1) is 12.7 Å². The third-order valence-electron chi connectivity index (χ3n) is 7.33. The normalized spacial score (nSPS) is 13.2. The molecule has 0 spiro atoms.